The third-order valence-electron chi connectivity index (χ3n) is 14.3. The molecule has 3 aliphatic rings. The van der Waals surface area contributed by atoms with E-state index < -0.39 is 48.3 Å². The van der Waals surface area contributed by atoms with Crippen LogP contribution in [0, 0.1) is 53.3 Å². The predicted molar refractivity (Wildman–Crippen MR) is 273 cm³/mol. The average Bonchev–Trinajstić information content (AvgIpc) is 4.07. The van der Waals surface area contributed by atoms with Gasteiger partial charge in [0.25, 0.3) is 0 Å². The molecular formula is C54H95N3O13. The second-order valence-corrected chi connectivity index (χ2v) is 20.5. The Labute approximate surface area is 421 Å². The molecule has 0 aromatic heterocycles. The highest BCUT2D eigenvalue weighted by Gasteiger charge is 2.43. The average molecular weight is 994 g/mol. The summed E-state index contributed by atoms with van der Waals surface area (Å²) in [7, 11) is 3.96. The quantitative estimate of drug-likeness (QED) is 0.0373. The normalized spacial score (nSPS) is 24.3. The molecule has 3 heterocycles. The number of carbonyl (C=O) groups excluding carboxylic acids is 5. The Balaban J connectivity index is 0.000000950. The molecule has 5 N–H and O–H groups in total. The van der Waals surface area contributed by atoms with Crippen LogP contribution >= 0.6 is 0 Å². The Kier molecular flexibility index (Phi) is 33.0. The number of carbonyl (C=O) groups is 6. The zero-order valence-electron chi connectivity index (χ0n) is 45.0. The maximum absolute atomic E-state index is 12.7. The van der Waals surface area contributed by atoms with Crippen LogP contribution in [0.2, 0.25) is 0 Å². The molecule has 0 aromatic carbocycles. The highest BCUT2D eigenvalue weighted by molar-refractivity contribution is 5.87. The number of carboxylic acid groups (broad SMARTS) is 1. The summed E-state index contributed by atoms with van der Waals surface area (Å²) in [6.07, 6.45) is 14.2. The maximum Gasteiger partial charge on any atom is 0.328 e. The Morgan fingerprint density at radius 3 is 1.14 bits per heavy atom. The molecule has 16 heteroatoms. The largest absolute Gasteiger partial charge is 0.481 e. The number of β-amino-alcohol motifs (C(OH)–C–C–N with tert-alkyl or cyclic N) is 3. The fraction of sp³-hybridized carbons (Fsp3) is 0.778. The van der Waals surface area contributed by atoms with E-state index >= 15 is 0 Å². The van der Waals surface area contributed by atoms with Crippen LogP contribution in [-0.2, 0) is 43.0 Å². The van der Waals surface area contributed by atoms with Crippen LogP contribution in [0.5, 0.6) is 0 Å². The molecule has 70 heavy (non-hydrogen) atoms. The number of aliphatic hydroxyl groups excluding tert-OH is 3. The number of hydrogen-bond acceptors (Lipinski definition) is 13. The standard InChI is InChI=1S/2C18H31NO4.C12H22O2.C6H11NO3/c2*1-6-7-8-12(2)9-13(3)14(4)17(21)19-11-15(20)10-16(19)18(22)23-5;1-5-6-7-9(2)8-10(3)11(4)12(13)14;1-10-6(9)5-2-4(8)3-7-5/h2*6,12-16,20H,1,7-11H2,2-5H3;5,9-11H,1,6-8H2,2-4H3,(H,13,14);4-5,7-8H,2-3H2,1H3/t2*12?,13-,14-,15-,16+;9?,10-,11?;4-,5+/m1111/s1. The van der Waals surface area contributed by atoms with Gasteiger partial charge in [-0.15, -0.1) is 19.7 Å². The van der Waals surface area contributed by atoms with E-state index in [9.17, 15) is 39.0 Å². The third-order valence-corrected chi connectivity index (χ3v) is 14.3. The summed E-state index contributed by atoms with van der Waals surface area (Å²) in [5.41, 5.74) is 0. The first-order valence-corrected chi connectivity index (χ1v) is 25.5. The Morgan fingerprint density at radius 2 is 0.871 bits per heavy atom. The number of methoxy groups -OCH3 is 3. The zero-order valence-corrected chi connectivity index (χ0v) is 45.0. The topological polar surface area (TPSA) is 230 Å². The van der Waals surface area contributed by atoms with Gasteiger partial charge >= 0.3 is 23.9 Å². The summed E-state index contributed by atoms with van der Waals surface area (Å²) in [6.45, 7) is 30.4. The summed E-state index contributed by atoms with van der Waals surface area (Å²) >= 11 is 0. The van der Waals surface area contributed by atoms with Gasteiger partial charge in [-0.25, -0.2) is 9.59 Å². The zero-order chi connectivity index (χ0) is 53.8. The van der Waals surface area contributed by atoms with Crippen molar-refractivity contribution in [3.05, 3.63) is 38.0 Å². The van der Waals surface area contributed by atoms with Crippen molar-refractivity contribution in [1.82, 2.24) is 15.1 Å². The van der Waals surface area contributed by atoms with Crippen LogP contribution in [-0.4, -0.2) is 143 Å². The van der Waals surface area contributed by atoms with E-state index in [2.05, 4.69) is 64.4 Å². The minimum absolute atomic E-state index is 0.0691. The van der Waals surface area contributed by atoms with E-state index in [-0.39, 0.29) is 85.3 Å². The van der Waals surface area contributed by atoms with Crippen molar-refractivity contribution in [2.45, 2.75) is 176 Å². The molecule has 4 unspecified atom stereocenters. The molecule has 3 fully saturated rings. The predicted octanol–water partition coefficient (Wildman–Crippen LogP) is 6.99. The molecule has 2 amide bonds. The van der Waals surface area contributed by atoms with Crippen LogP contribution in [0.1, 0.15) is 139 Å². The van der Waals surface area contributed by atoms with E-state index in [0.717, 1.165) is 57.8 Å². The molecule has 0 aromatic rings. The Bertz CT molecular complexity index is 1530. The summed E-state index contributed by atoms with van der Waals surface area (Å²) in [5.74, 6) is -0.279. The summed E-state index contributed by atoms with van der Waals surface area (Å²) in [6, 6.07) is -1.62. The first-order valence-electron chi connectivity index (χ1n) is 25.5. The van der Waals surface area contributed by atoms with Crippen molar-refractivity contribution in [3.63, 3.8) is 0 Å². The molecule has 3 saturated heterocycles. The second kappa shape index (κ2) is 35.1. The van der Waals surface area contributed by atoms with Crippen molar-refractivity contribution in [1.29, 1.82) is 0 Å². The van der Waals surface area contributed by atoms with Gasteiger partial charge in [0.15, 0.2) is 0 Å². The van der Waals surface area contributed by atoms with E-state index in [4.69, 9.17) is 19.7 Å². The van der Waals surface area contributed by atoms with Crippen molar-refractivity contribution in [2.75, 3.05) is 41.0 Å². The number of nitrogens with zero attached hydrogens (tertiary/aromatic N) is 2. The number of aliphatic hydroxyl groups is 3. The monoisotopic (exact) mass is 994 g/mol. The van der Waals surface area contributed by atoms with E-state index in [1.807, 2.05) is 39.0 Å². The van der Waals surface area contributed by atoms with Crippen molar-refractivity contribution in [2.24, 2.45) is 53.3 Å². The number of amides is 2. The van der Waals surface area contributed by atoms with Gasteiger partial charge in [0.2, 0.25) is 11.8 Å². The fourth-order valence-electron chi connectivity index (χ4n) is 9.20. The fourth-order valence-corrected chi connectivity index (χ4v) is 9.20. The van der Waals surface area contributed by atoms with Crippen LogP contribution in [0.15, 0.2) is 38.0 Å². The van der Waals surface area contributed by atoms with Crippen molar-refractivity contribution in [3.8, 4) is 0 Å². The van der Waals surface area contributed by atoms with E-state index in [1.54, 1.807) is 6.92 Å². The molecule has 404 valence electrons. The number of ether oxygens (including phenoxy) is 3. The van der Waals surface area contributed by atoms with Gasteiger partial charge in [0, 0.05) is 50.7 Å². The van der Waals surface area contributed by atoms with Gasteiger partial charge in [-0.3, -0.25) is 19.2 Å². The molecule has 0 radical (unpaired) electrons. The molecular weight excluding hydrogens is 899 g/mol. The summed E-state index contributed by atoms with van der Waals surface area (Å²) in [4.78, 5) is 73.6. The van der Waals surface area contributed by atoms with Gasteiger partial charge in [-0.05, 0) is 93.3 Å². The Morgan fingerprint density at radius 1 is 0.543 bits per heavy atom. The number of carboxylic acids is 1. The number of allylic oxidation sites excluding steroid dienone is 3. The molecule has 0 saturated carbocycles. The van der Waals surface area contributed by atoms with E-state index in [1.165, 1.54) is 31.1 Å². The smallest absolute Gasteiger partial charge is 0.328 e. The number of esters is 3. The minimum Gasteiger partial charge on any atom is -0.481 e. The number of rotatable bonds is 24. The van der Waals surface area contributed by atoms with Gasteiger partial charge in [-0.1, -0.05) is 80.5 Å². The number of aliphatic carboxylic acids is 1. The second-order valence-electron chi connectivity index (χ2n) is 20.5. The van der Waals surface area contributed by atoms with Crippen LogP contribution in [0.25, 0.3) is 0 Å². The summed E-state index contributed by atoms with van der Waals surface area (Å²) in [5, 5.41) is 40.3. The first kappa shape index (κ1) is 65.9. The maximum atomic E-state index is 12.7. The van der Waals surface area contributed by atoms with E-state index in [0.29, 0.717) is 30.7 Å². The lowest BCUT2D eigenvalue weighted by molar-refractivity contribution is -0.152. The minimum atomic E-state index is -0.687. The molecule has 3 rings (SSSR count). The summed E-state index contributed by atoms with van der Waals surface area (Å²) < 4.78 is 14.0. The molecule has 0 bridgehead atoms. The third kappa shape index (κ3) is 23.9. The molecule has 3 aliphatic heterocycles. The molecule has 0 aliphatic carbocycles. The molecule has 15 atom stereocenters. The first-order chi connectivity index (χ1) is 32.8. The van der Waals surface area contributed by atoms with Crippen molar-refractivity contribution >= 4 is 35.7 Å². The van der Waals surface area contributed by atoms with Gasteiger partial charge in [-0.2, -0.15) is 0 Å². The SMILES string of the molecule is C=CCCC(C)C[C@@H](C)C(C)C(=O)O.C=CCCC(C)C[C@@H](C)[C@@H](C)C(=O)N1C[C@H](O)C[C@H]1C(=O)OC.C=CCCC(C)C[C@@H](C)[C@@H](C)C(=O)N1C[C@H](O)C[C@H]1C(=O)OC.COC(=O)[C@@H]1C[C@@H](O)CN1. The molecule has 16 nitrogen and oxygen atoms in total. The number of nitrogens with one attached hydrogen (secondary N) is 1. The van der Waals surface area contributed by atoms with Crippen LogP contribution in [0.4, 0.5) is 0 Å². The van der Waals surface area contributed by atoms with Crippen LogP contribution in [0.3, 0.4) is 0 Å². The van der Waals surface area contributed by atoms with Crippen molar-refractivity contribution < 1.29 is 63.4 Å². The lowest BCUT2D eigenvalue weighted by atomic mass is 9.85. The highest BCUT2D eigenvalue weighted by atomic mass is 16.5. The molecule has 0 spiro atoms. The highest BCUT2D eigenvalue weighted by Crippen LogP contribution is 2.30. The number of likely N-dealkylation sites (tertiary alicyclic amines) is 2. The number of hydrogen-bond donors (Lipinski definition) is 5. The van der Waals surface area contributed by atoms with Gasteiger partial charge in [0.05, 0.1) is 45.6 Å². The van der Waals surface area contributed by atoms with Gasteiger partial charge < -0.3 is 49.8 Å². The van der Waals surface area contributed by atoms with Gasteiger partial charge in [0.1, 0.15) is 18.1 Å². The van der Waals surface area contributed by atoms with Crippen LogP contribution < -0.4 is 5.32 Å². The lowest BCUT2D eigenvalue weighted by Crippen LogP contribution is -2.45. The lowest BCUT2D eigenvalue weighted by Gasteiger charge is -2.29. The Hall–Kier alpha value is -4.12.